The molecule has 0 bridgehead atoms. The second-order valence-corrected chi connectivity index (χ2v) is 4.44. The number of nitrogens with one attached hydrogen (secondary N) is 1. The second-order valence-electron chi connectivity index (χ2n) is 4.44. The summed E-state index contributed by atoms with van der Waals surface area (Å²) in [4.78, 5) is 4.85. The molecule has 0 radical (unpaired) electrons. The van der Waals surface area contributed by atoms with Gasteiger partial charge in [-0.1, -0.05) is 6.07 Å². The third-order valence-corrected chi connectivity index (χ3v) is 3.11. The summed E-state index contributed by atoms with van der Waals surface area (Å²) in [7, 11) is 3.25. The van der Waals surface area contributed by atoms with Crippen molar-refractivity contribution >= 4 is 0 Å². The van der Waals surface area contributed by atoms with Crippen molar-refractivity contribution in [3.8, 4) is 11.5 Å². The lowest BCUT2D eigenvalue weighted by molar-refractivity contribution is 0.0245. The van der Waals surface area contributed by atoms with Gasteiger partial charge in [-0.25, -0.2) is 0 Å². The molecule has 2 rings (SSSR count). The van der Waals surface area contributed by atoms with E-state index in [2.05, 4.69) is 5.48 Å². The van der Waals surface area contributed by atoms with Crippen LogP contribution in [0.2, 0.25) is 0 Å². The van der Waals surface area contributed by atoms with Crippen LogP contribution in [0.1, 0.15) is 18.4 Å². The van der Waals surface area contributed by atoms with Gasteiger partial charge in [0.1, 0.15) is 6.10 Å². The molecule has 0 spiro atoms. The predicted octanol–water partition coefficient (Wildman–Crippen LogP) is 1.90. The van der Waals surface area contributed by atoms with E-state index in [4.69, 9.17) is 19.0 Å². The molecule has 5 nitrogen and oxygen atoms in total. The molecule has 106 valence electrons. The summed E-state index contributed by atoms with van der Waals surface area (Å²) < 4.78 is 16.7. The smallest absolute Gasteiger partial charge is 0.161 e. The molecule has 1 fully saturated rings. The van der Waals surface area contributed by atoms with Crippen molar-refractivity contribution in [1.82, 2.24) is 5.48 Å². The Hall–Kier alpha value is -1.30. The van der Waals surface area contributed by atoms with Gasteiger partial charge in [0.2, 0.25) is 0 Å². The van der Waals surface area contributed by atoms with Crippen LogP contribution in [-0.4, -0.2) is 33.5 Å². The quantitative estimate of drug-likeness (QED) is 0.798. The van der Waals surface area contributed by atoms with Crippen LogP contribution >= 0.6 is 0 Å². The lowest BCUT2D eigenvalue weighted by Crippen LogP contribution is -2.26. The highest BCUT2D eigenvalue weighted by Crippen LogP contribution is 2.30. The van der Waals surface area contributed by atoms with Gasteiger partial charge in [-0.3, -0.25) is 0 Å². The Balaban J connectivity index is 2.06. The summed E-state index contributed by atoms with van der Waals surface area (Å²) >= 11 is 0. The van der Waals surface area contributed by atoms with Gasteiger partial charge in [0.15, 0.2) is 11.5 Å². The third-order valence-electron chi connectivity index (χ3n) is 3.11. The number of hydrogen-bond acceptors (Lipinski definition) is 5. The Labute approximate surface area is 113 Å². The number of hydrogen-bond donors (Lipinski definition) is 1. The van der Waals surface area contributed by atoms with E-state index in [1.54, 1.807) is 14.2 Å². The molecule has 1 aliphatic rings. The molecule has 1 N–H and O–H groups in total. The summed E-state index contributed by atoms with van der Waals surface area (Å²) in [6.07, 6.45) is 2.04. The van der Waals surface area contributed by atoms with Crippen LogP contribution < -0.4 is 15.0 Å². The zero-order chi connectivity index (χ0) is 13.5. The van der Waals surface area contributed by atoms with E-state index >= 15 is 0 Å². The maximum atomic E-state index is 6.02. The SMILES string of the molecule is CONCc1ccc(OC)c(OC2CCOCC2)c1. The minimum atomic E-state index is 0.202. The van der Waals surface area contributed by atoms with Crippen LogP contribution in [0.5, 0.6) is 11.5 Å². The summed E-state index contributed by atoms with van der Waals surface area (Å²) in [5, 5.41) is 0. The summed E-state index contributed by atoms with van der Waals surface area (Å²) in [6, 6.07) is 5.89. The fourth-order valence-electron chi connectivity index (χ4n) is 2.05. The highest BCUT2D eigenvalue weighted by molar-refractivity contribution is 5.43. The maximum Gasteiger partial charge on any atom is 0.161 e. The third kappa shape index (κ3) is 4.09. The first kappa shape index (κ1) is 14.1. The van der Waals surface area contributed by atoms with Crippen molar-refractivity contribution in [2.45, 2.75) is 25.5 Å². The van der Waals surface area contributed by atoms with Gasteiger partial charge < -0.3 is 19.0 Å². The molecule has 0 aliphatic carbocycles. The van der Waals surface area contributed by atoms with Gasteiger partial charge in [-0.2, -0.15) is 5.48 Å². The first-order valence-electron chi connectivity index (χ1n) is 6.50. The van der Waals surface area contributed by atoms with Crippen LogP contribution in [-0.2, 0) is 16.1 Å². The fraction of sp³-hybridized carbons (Fsp3) is 0.571. The van der Waals surface area contributed by atoms with E-state index in [0.717, 1.165) is 43.1 Å². The summed E-state index contributed by atoms with van der Waals surface area (Å²) in [6.45, 7) is 2.15. The number of benzene rings is 1. The Morgan fingerprint density at radius 2 is 2.00 bits per heavy atom. The summed E-state index contributed by atoms with van der Waals surface area (Å²) in [5.41, 5.74) is 3.90. The Morgan fingerprint density at radius 3 is 2.68 bits per heavy atom. The molecular formula is C14H21NO4. The van der Waals surface area contributed by atoms with Gasteiger partial charge in [0.05, 0.1) is 27.4 Å². The fourth-order valence-corrected chi connectivity index (χ4v) is 2.05. The van der Waals surface area contributed by atoms with E-state index in [9.17, 15) is 0 Å². The zero-order valence-electron chi connectivity index (χ0n) is 11.5. The van der Waals surface area contributed by atoms with Gasteiger partial charge >= 0.3 is 0 Å². The molecule has 0 amide bonds. The maximum absolute atomic E-state index is 6.02. The Morgan fingerprint density at radius 1 is 1.21 bits per heavy atom. The van der Waals surface area contributed by atoms with Crippen molar-refractivity contribution in [1.29, 1.82) is 0 Å². The first-order chi connectivity index (χ1) is 9.33. The van der Waals surface area contributed by atoms with E-state index in [-0.39, 0.29) is 6.10 Å². The normalized spacial score (nSPS) is 16.3. The average molecular weight is 267 g/mol. The van der Waals surface area contributed by atoms with E-state index in [1.807, 2.05) is 18.2 Å². The van der Waals surface area contributed by atoms with Crippen molar-refractivity contribution < 1.29 is 19.0 Å². The lowest BCUT2D eigenvalue weighted by atomic mass is 10.1. The standard InChI is InChI=1S/C14H21NO4/c1-16-13-4-3-11(10-15-17-2)9-14(13)19-12-5-7-18-8-6-12/h3-4,9,12,15H,5-8,10H2,1-2H3. The van der Waals surface area contributed by atoms with Crippen LogP contribution in [0.4, 0.5) is 0 Å². The van der Waals surface area contributed by atoms with Gasteiger partial charge in [-0.05, 0) is 17.7 Å². The van der Waals surface area contributed by atoms with Crippen molar-refractivity contribution in [3.05, 3.63) is 23.8 Å². The molecule has 1 aromatic rings. The zero-order valence-corrected chi connectivity index (χ0v) is 11.5. The number of methoxy groups -OCH3 is 1. The molecule has 1 aliphatic heterocycles. The van der Waals surface area contributed by atoms with Gasteiger partial charge in [0, 0.05) is 19.4 Å². The molecule has 0 unspecified atom stereocenters. The van der Waals surface area contributed by atoms with Gasteiger partial charge in [-0.15, -0.1) is 0 Å². The van der Waals surface area contributed by atoms with Crippen LogP contribution in [0.15, 0.2) is 18.2 Å². The second kappa shape index (κ2) is 7.33. The molecule has 0 atom stereocenters. The molecule has 1 aromatic carbocycles. The summed E-state index contributed by atoms with van der Waals surface area (Å²) in [5.74, 6) is 1.54. The largest absolute Gasteiger partial charge is 0.493 e. The number of hydroxylamine groups is 1. The Kier molecular flexibility index (Phi) is 5.44. The monoisotopic (exact) mass is 267 g/mol. The van der Waals surface area contributed by atoms with Crippen molar-refractivity contribution in [2.24, 2.45) is 0 Å². The van der Waals surface area contributed by atoms with Crippen LogP contribution in [0, 0.1) is 0 Å². The number of rotatable bonds is 6. The van der Waals surface area contributed by atoms with E-state index < -0.39 is 0 Å². The molecule has 1 saturated heterocycles. The molecule has 19 heavy (non-hydrogen) atoms. The highest BCUT2D eigenvalue weighted by atomic mass is 16.6. The Bertz CT molecular complexity index is 391. The van der Waals surface area contributed by atoms with E-state index in [0.29, 0.717) is 6.54 Å². The van der Waals surface area contributed by atoms with Crippen LogP contribution in [0.3, 0.4) is 0 Å². The first-order valence-corrected chi connectivity index (χ1v) is 6.50. The minimum Gasteiger partial charge on any atom is -0.493 e. The predicted molar refractivity (Wildman–Crippen MR) is 71.3 cm³/mol. The highest BCUT2D eigenvalue weighted by Gasteiger charge is 2.17. The molecular weight excluding hydrogens is 246 g/mol. The van der Waals surface area contributed by atoms with Gasteiger partial charge in [0.25, 0.3) is 0 Å². The van der Waals surface area contributed by atoms with Crippen molar-refractivity contribution in [3.63, 3.8) is 0 Å². The lowest BCUT2D eigenvalue weighted by Gasteiger charge is -2.24. The molecule has 0 aromatic heterocycles. The average Bonchev–Trinajstić information content (AvgIpc) is 2.46. The molecule has 0 saturated carbocycles. The topological polar surface area (TPSA) is 49.0 Å². The molecule has 5 heteroatoms. The van der Waals surface area contributed by atoms with E-state index in [1.165, 1.54) is 0 Å². The number of ether oxygens (including phenoxy) is 3. The van der Waals surface area contributed by atoms with Crippen molar-refractivity contribution in [2.75, 3.05) is 27.4 Å². The minimum absolute atomic E-state index is 0.202. The molecule has 1 heterocycles. The van der Waals surface area contributed by atoms with Crippen LogP contribution in [0.25, 0.3) is 0 Å².